The van der Waals surface area contributed by atoms with Crippen LogP contribution in [0.25, 0.3) is 0 Å². The molecule has 4 nitrogen and oxygen atoms in total. The number of hydrogen-bond donors (Lipinski definition) is 1. The second kappa shape index (κ2) is 6.93. The highest BCUT2D eigenvalue weighted by atomic mass is 32.2. The Morgan fingerprint density at radius 2 is 2.09 bits per heavy atom. The average molecular weight is 345 g/mol. The number of halogens is 3. The molecule has 0 saturated heterocycles. The number of benzene rings is 1. The number of carbonyl (C=O) groups excluding carboxylic acids is 1. The van der Waals surface area contributed by atoms with Crippen molar-refractivity contribution in [2.24, 2.45) is 0 Å². The maximum Gasteiger partial charge on any atom is 0.417 e. The second-order valence-electron chi connectivity index (χ2n) is 3.97. The number of thioether (sulfide) groups is 1. The van der Waals surface area contributed by atoms with E-state index in [0.717, 1.165) is 23.5 Å². The Labute approximate surface area is 132 Å². The number of aromatic nitrogens is 2. The summed E-state index contributed by atoms with van der Waals surface area (Å²) in [6, 6.07) is 4.58. The number of carbonyl (C=O) groups is 1. The van der Waals surface area contributed by atoms with Gasteiger partial charge in [0.2, 0.25) is 5.13 Å². The van der Waals surface area contributed by atoms with E-state index >= 15 is 0 Å². The molecule has 2 rings (SSSR count). The fourth-order valence-corrected chi connectivity index (χ4v) is 3.05. The minimum atomic E-state index is -4.60. The monoisotopic (exact) mass is 345 g/mol. The Hall–Kier alpha value is -1.87. The van der Waals surface area contributed by atoms with Crippen molar-refractivity contribution in [1.82, 2.24) is 10.2 Å². The van der Waals surface area contributed by atoms with E-state index in [4.69, 9.17) is 0 Å². The van der Waals surface area contributed by atoms with E-state index < -0.39 is 23.2 Å². The Morgan fingerprint density at radius 3 is 2.77 bits per heavy atom. The molecule has 1 N–H and O–H groups in total. The molecule has 0 radical (unpaired) electrons. The first-order chi connectivity index (χ1) is 10.4. The lowest BCUT2D eigenvalue weighted by Gasteiger charge is -2.11. The zero-order valence-electron chi connectivity index (χ0n) is 11.1. The molecule has 0 fully saturated rings. The van der Waals surface area contributed by atoms with E-state index in [0.29, 0.717) is 10.1 Å². The van der Waals surface area contributed by atoms with Gasteiger partial charge in [0, 0.05) is 5.75 Å². The van der Waals surface area contributed by atoms with E-state index in [1.807, 2.05) is 0 Å². The van der Waals surface area contributed by atoms with E-state index in [-0.39, 0.29) is 5.13 Å². The quantitative estimate of drug-likeness (QED) is 0.504. The number of rotatable bonds is 5. The Kier molecular flexibility index (Phi) is 5.19. The molecule has 0 unspecified atom stereocenters. The molecular formula is C13H10F3N3OS2. The molecule has 1 aromatic heterocycles. The third-order valence-electron chi connectivity index (χ3n) is 2.43. The third kappa shape index (κ3) is 4.08. The first kappa shape index (κ1) is 16.5. The maximum absolute atomic E-state index is 12.9. The van der Waals surface area contributed by atoms with Gasteiger partial charge in [0.05, 0.1) is 11.1 Å². The normalized spacial score (nSPS) is 11.2. The van der Waals surface area contributed by atoms with Crippen LogP contribution in [0.15, 0.2) is 41.3 Å². The lowest BCUT2D eigenvalue weighted by molar-refractivity contribution is -0.137. The molecule has 0 spiro atoms. The second-order valence-corrected chi connectivity index (χ2v) is 6.21. The summed E-state index contributed by atoms with van der Waals surface area (Å²) in [6.07, 6.45) is -2.91. The van der Waals surface area contributed by atoms with E-state index in [9.17, 15) is 18.0 Å². The highest BCUT2D eigenvalue weighted by molar-refractivity contribution is 8.01. The molecule has 0 aliphatic heterocycles. The van der Waals surface area contributed by atoms with Gasteiger partial charge in [-0.05, 0) is 12.1 Å². The topological polar surface area (TPSA) is 54.9 Å². The Bertz CT molecular complexity index is 685. The molecule has 22 heavy (non-hydrogen) atoms. The van der Waals surface area contributed by atoms with Crippen LogP contribution in [0.5, 0.6) is 0 Å². The Balaban J connectivity index is 2.16. The summed E-state index contributed by atoms with van der Waals surface area (Å²) in [5.74, 6) is -0.246. The molecule has 1 amide bonds. The fourth-order valence-electron chi connectivity index (χ4n) is 1.54. The lowest BCUT2D eigenvalue weighted by atomic mass is 10.1. The molecule has 1 heterocycles. The van der Waals surface area contributed by atoms with Gasteiger partial charge in [0.25, 0.3) is 5.91 Å². The van der Waals surface area contributed by atoms with Crippen molar-refractivity contribution in [2.45, 2.75) is 10.5 Å². The van der Waals surface area contributed by atoms with Crippen LogP contribution in [-0.4, -0.2) is 21.9 Å². The lowest BCUT2D eigenvalue weighted by Crippen LogP contribution is -2.18. The van der Waals surface area contributed by atoms with E-state index in [1.165, 1.54) is 23.9 Å². The van der Waals surface area contributed by atoms with Gasteiger partial charge in [-0.25, -0.2) is 0 Å². The molecule has 0 aliphatic rings. The van der Waals surface area contributed by atoms with E-state index in [1.54, 1.807) is 6.08 Å². The van der Waals surface area contributed by atoms with Gasteiger partial charge in [-0.3, -0.25) is 10.1 Å². The summed E-state index contributed by atoms with van der Waals surface area (Å²) >= 11 is 2.46. The summed E-state index contributed by atoms with van der Waals surface area (Å²) < 4.78 is 39.2. The predicted molar refractivity (Wildman–Crippen MR) is 80.2 cm³/mol. The van der Waals surface area contributed by atoms with E-state index in [2.05, 4.69) is 22.1 Å². The molecule has 9 heteroatoms. The van der Waals surface area contributed by atoms with Crippen molar-refractivity contribution < 1.29 is 18.0 Å². The summed E-state index contributed by atoms with van der Waals surface area (Å²) in [7, 11) is 0. The minimum Gasteiger partial charge on any atom is -0.296 e. The zero-order valence-corrected chi connectivity index (χ0v) is 12.7. The summed E-state index contributed by atoms with van der Waals surface area (Å²) in [4.78, 5) is 12.0. The van der Waals surface area contributed by atoms with Gasteiger partial charge in [-0.15, -0.1) is 16.8 Å². The van der Waals surface area contributed by atoms with Crippen LogP contribution in [0, 0.1) is 0 Å². The van der Waals surface area contributed by atoms with Gasteiger partial charge in [-0.2, -0.15) is 13.2 Å². The van der Waals surface area contributed by atoms with Gasteiger partial charge in [-0.1, -0.05) is 41.3 Å². The van der Waals surface area contributed by atoms with Crippen molar-refractivity contribution in [3.63, 3.8) is 0 Å². The smallest absolute Gasteiger partial charge is 0.296 e. The first-order valence-corrected chi connectivity index (χ1v) is 7.77. The van der Waals surface area contributed by atoms with Gasteiger partial charge in [0.1, 0.15) is 0 Å². The zero-order chi connectivity index (χ0) is 16.2. The molecule has 0 saturated carbocycles. The third-order valence-corrected chi connectivity index (χ3v) is 4.40. The van der Waals surface area contributed by atoms with Crippen LogP contribution < -0.4 is 5.32 Å². The molecule has 0 aliphatic carbocycles. The summed E-state index contributed by atoms with van der Waals surface area (Å²) in [5, 5.41) is 10.0. The number of anilines is 1. The van der Waals surface area contributed by atoms with Gasteiger partial charge >= 0.3 is 6.18 Å². The Morgan fingerprint density at radius 1 is 1.36 bits per heavy atom. The van der Waals surface area contributed by atoms with Crippen LogP contribution in [0.4, 0.5) is 18.3 Å². The van der Waals surface area contributed by atoms with Crippen molar-refractivity contribution in [2.75, 3.05) is 11.1 Å². The first-order valence-electron chi connectivity index (χ1n) is 5.96. The number of nitrogens with zero attached hydrogens (tertiary/aromatic N) is 2. The number of amides is 1. The molecule has 2 aromatic rings. The molecule has 0 atom stereocenters. The van der Waals surface area contributed by atoms with Crippen LogP contribution in [0.3, 0.4) is 0 Å². The van der Waals surface area contributed by atoms with Crippen LogP contribution in [0.1, 0.15) is 15.9 Å². The van der Waals surface area contributed by atoms with Crippen molar-refractivity contribution >= 4 is 34.1 Å². The number of hydrogen-bond acceptors (Lipinski definition) is 5. The van der Waals surface area contributed by atoms with Crippen molar-refractivity contribution in [1.29, 1.82) is 0 Å². The SMILES string of the molecule is C=CCSc1nnc(NC(=O)c2ccccc2C(F)(F)F)s1. The molecule has 1 aromatic carbocycles. The largest absolute Gasteiger partial charge is 0.417 e. The predicted octanol–water partition coefficient (Wildman–Crippen LogP) is 4.09. The molecule has 116 valence electrons. The number of nitrogens with one attached hydrogen (secondary N) is 1. The average Bonchev–Trinajstić information content (AvgIpc) is 2.91. The minimum absolute atomic E-state index is 0.147. The molecular weight excluding hydrogens is 335 g/mol. The highest BCUT2D eigenvalue weighted by Gasteiger charge is 2.34. The van der Waals surface area contributed by atoms with Crippen molar-refractivity contribution in [3.05, 3.63) is 48.0 Å². The van der Waals surface area contributed by atoms with Gasteiger partial charge < -0.3 is 0 Å². The fraction of sp³-hybridized carbons (Fsp3) is 0.154. The standard InChI is InChI=1S/C13H10F3N3OS2/c1-2-7-21-12-19-18-11(22-12)17-10(20)8-5-3-4-6-9(8)13(14,15)16/h2-6H,1,7H2,(H,17,18,20). The number of alkyl halides is 3. The summed E-state index contributed by atoms with van der Waals surface area (Å²) in [6.45, 7) is 3.56. The maximum atomic E-state index is 12.9. The van der Waals surface area contributed by atoms with Gasteiger partial charge in [0.15, 0.2) is 4.34 Å². The van der Waals surface area contributed by atoms with Crippen LogP contribution in [0.2, 0.25) is 0 Å². The van der Waals surface area contributed by atoms with Crippen molar-refractivity contribution in [3.8, 4) is 0 Å². The molecule has 0 bridgehead atoms. The summed E-state index contributed by atoms with van der Waals surface area (Å²) in [5.41, 5.74) is -1.44. The van der Waals surface area contributed by atoms with Crippen LogP contribution >= 0.6 is 23.1 Å². The highest BCUT2D eigenvalue weighted by Crippen LogP contribution is 2.32. The van der Waals surface area contributed by atoms with Crippen LogP contribution in [-0.2, 0) is 6.18 Å².